The van der Waals surface area contributed by atoms with Crippen molar-refractivity contribution < 1.29 is 4.79 Å². The molecule has 0 aromatic carbocycles. The lowest BCUT2D eigenvalue weighted by molar-refractivity contribution is -0.134. The van der Waals surface area contributed by atoms with E-state index in [0.717, 1.165) is 25.3 Å². The summed E-state index contributed by atoms with van der Waals surface area (Å²) >= 11 is 0. The summed E-state index contributed by atoms with van der Waals surface area (Å²) in [6, 6.07) is 0. The van der Waals surface area contributed by atoms with Crippen LogP contribution < -0.4 is 5.73 Å². The van der Waals surface area contributed by atoms with Gasteiger partial charge in [0.1, 0.15) is 0 Å². The smallest absolute Gasteiger partial charge is 0.227 e. The summed E-state index contributed by atoms with van der Waals surface area (Å²) in [5, 5.41) is 0. The first-order valence-electron chi connectivity index (χ1n) is 6.65. The molecule has 1 aromatic heterocycles. The average Bonchev–Trinajstić information content (AvgIpc) is 2.84. The van der Waals surface area contributed by atoms with Gasteiger partial charge in [-0.1, -0.05) is 0 Å². The van der Waals surface area contributed by atoms with Gasteiger partial charge in [-0.25, -0.2) is 4.98 Å². The molecule has 1 atom stereocenters. The molecule has 0 radical (unpaired) electrons. The van der Waals surface area contributed by atoms with Crippen LogP contribution in [-0.2, 0) is 17.8 Å². The Labute approximate surface area is 109 Å². The number of hydrogen-bond donors (Lipinski definition) is 1. The molecular weight excluding hydrogens is 228 g/mol. The Balaban J connectivity index is 2.75. The van der Waals surface area contributed by atoms with Crippen molar-refractivity contribution in [2.24, 2.45) is 11.7 Å². The van der Waals surface area contributed by atoms with Gasteiger partial charge in [0.25, 0.3) is 0 Å². The number of imidazole rings is 1. The highest BCUT2D eigenvalue weighted by Crippen LogP contribution is 2.11. The molecule has 0 saturated heterocycles. The van der Waals surface area contributed by atoms with Gasteiger partial charge in [-0.15, -0.1) is 0 Å². The number of aromatic nitrogens is 2. The molecule has 1 heterocycles. The van der Waals surface area contributed by atoms with Crippen LogP contribution >= 0.6 is 0 Å². The van der Waals surface area contributed by atoms with Gasteiger partial charge in [0, 0.05) is 44.5 Å². The van der Waals surface area contributed by atoms with Gasteiger partial charge in [-0.2, -0.15) is 0 Å². The third-order valence-electron chi connectivity index (χ3n) is 3.30. The monoisotopic (exact) mass is 252 g/mol. The van der Waals surface area contributed by atoms with E-state index in [1.54, 1.807) is 6.33 Å². The van der Waals surface area contributed by atoms with E-state index in [4.69, 9.17) is 5.73 Å². The van der Waals surface area contributed by atoms with Crippen LogP contribution in [0.4, 0.5) is 0 Å². The first-order chi connectivity index (χ1) is 8.67. The predicted molar refractivity (Wildman–Crippen MR) is 72.1 cm³/mol. The number of carbonyl (C=O) groups is 1. The maximum absolute atomic E-state index is 12.3. The second kappa shape index (κ2) is 7.16. The van der Waals surface area contributed by atoms with E-state index in [0.29, 0.717) is 13.0 Å². The second-order valence-electron chi connectivity index (χ2n) is 4.32. The van der Waals surface area contributed by atoms with Gasteiger partial charge in [-0.05, 0) is 20.8 Å². The maximum atomic E-state index is 12.3. The number of amides is 1. The van der Waals surface area contributed by atoms with Crippen molar-refractivity contribution in [1.29, 1.82) is 0 Å². The lowest BCUT2D eigenvalue weighted by Gasteiger charge is -2.24. The van der Waals surface area contributed by atoms with E-state index in [9.17, 15) is 4.79 Å². The summed E-state index contributed by atoms with van der Waals surface area (Å²) in [7, 11) is 0. The van der Waals surface area contributed by atoms with E-state index in [-0.39, 0.29) is 11.8 Å². The van der Waals surface area contributed by atoms with Gasteiger partial charge in [0.15, 0.2) is 0 Å². The molecule has 0 fully saturated rings. The normalized spacial score (nSPS) is 12.4. The van der Waals surface area contributed by atoms with Gasteiger partial charge in [0.2, 0.25) is 5.91 Å². The maximum Gasteiger partial charge on any atom is 0.227 e. The van der Waals surface area contributed by atoms with Gasteiger partial charge >= 0.3 is 0 Å². The Hall–Kier alpha value is -1.36. The Morgan fingerprint density at radius 2 is 2.11 bits per heavy atom. The summed E-state index contributed by atoms with van der Waals surface area (Å²) in [6.45, 7) is 8.76. The van der Waals surface area contributed by atoms with Crippen LogP contribution in [0.2, 0.25) is 0 Å². The third kappa shape index (κ3) is 3.32. The van der Waals surface area contributed by atoms with Crippen LogP contribution in [0.25, 0.3) is 0 Å². The molecule has 2 N–H and O–H groups in total. The van der Waals surface area contributed by atoms with Crippen molar-refractivity contribution >= 4 is 5.91 Å². The highest BCUT2D eigenvalue weighted by Gasteiger charge is 2.22. The zero-order valence-corrected chi connectivity index (χ0v) is 11.6. The van der Waals surface area contributed by atoms with Gasteiger partial charge in [-0.3, -0.25) is 4.79 Å². The third-order valence-corrected chi connectivity index (χ3v) is 3.30. The van der Waals surface area contributed by atoms with E-state index in [1.807, 2.05) is 24.9 Å². The molecule has 5 heteroatoms. The minimum absolute atomic E-state index is 0.145. The predicted octanol–water partition coefficient (Wildman–Crippen LogP) is 0.889. The largest absolute Gasteiger partial charge is 0.343 e. The average molecular weight is 252 g/mol. The fraction of sp³-hybridized carbons (Fsp3) is 0.692. The molecule has 1 unspecified atom stereocenters. The number of hydrogen-bond acceptors (Lipinski definition) is 3. The van der Waals surface area contributed by atoms with Crippen LogP contribution in [0.3, 0.4) is 0 Å². The SMILES string of the molecule is CCN(CC)C(=O)C(CN)Cc1cncn1CC. The van der Waals surface area contributed by atoms with Crippen LogP contribution in [0.5, 0.6) is 0 Å². The Morgan fingerprint density at radius 1 is 1.44 bits per heavy atom. The zero-order chi connectivity index (χ0) is 13.5. The zero-order valence-electron chi connectivity index (χ0n) is 11.6. The van der Waals surface area contributed by atoms with Crippen LogP contribution in [0, 0.1) is 5.92 Å². The minimum Gasteiger partial charge on any atom is -0.343 e. The molecule has 1 aromatic rings. The van der Waals surface area contributed by atoms with Crippen molar-refractivity contribution in [1.82, 2.24) is 14.5 Å². The van der Waals surface area contributed by atoms with Crippen molar-refractivity contribution in [3.63, 3.8) is 0 Å². The summed E-state index contributed by atoms with van der Waals surface area (Å²) in [5.41, 5.74) is 6.83. The van der Waals surface area contributed by atoms with Crippen LogP contribution in [0.15, 0.2) is 12.5 Å². The van der Waals surface area contributed by atoms with E-state index >= 15 is 0 Å². The van der Waals surface area contributed by atoms with Crippen LogP contribution in [0.1, 0.15) is 26.5 Å². The number of nitrogens with zero attached hydrogens (tertiary/aromatic N) is 3. The standard InChI is InChI=1S/C13H24N4O/c1-4-16(5-2)13(18)11(8-14)7-12-9-15-10-17(12)6-3/h9-11H,4-8,14H2,1-3H3. The van der Waals surface area contributed by atoms with Crippen molar-refractivity contribution in [2.45, 2.75) is 33.7 Å². The van der Waals surface area contributed by atoms with Crippen molar-refractivity contribution in [3.8, 4) is 0 Å². The summed E-state index contributed by atoms with van der Waals surface area (Å²) in [5.74, 6) is -0.00162. The molecule has 18 heavy (non-hydrogen) atoms. The quantitative estimate of drug-likeness (QED) is 0.784. The van der Waals surface area contributed by atoms with E-state index in [2.05, 4.69) is 16.5 Å². The van der Waals surface area contributed by atoms with Gasteiger partial charge < -0.3 is 15.2 Å². The lowest BCUT2D eigenvalue weighted by Crippen LogP contribution is -2.40. The summed E-state index contributed by atoms with van der Waals surface area (Å²) < 4.78 is 2.05. The molecule has 0 aliphatic rings. The Kier molecular flexibility index (Phi) is 5.85. The molecule has 1 rings (SSSR count). The molecule has 0 aliphatic carbocycles. The Morgan fingerprint density at radius 3 is 2.61 bits per heavy atom. The molecule has 0 saturated carbocycles. The molecule has 0 bridgehead atoms. The van der Waals surface area contributed by atoms with Crippen molar-refractivity contribution in [3.05, 3.63) is 18.2 Å². The second-order valence-corrected chi connectivity index (χ2v) is 4.32. The lowest BCUT2D eigenvalue weighted by atomic mass is 10.0. The molecule has 0 spiro atoms. The highest BCUT2D eigenvalue weighted by atomic mass is 16.2. The topological polar surface area (TPSA) is 64.2 Å². The van der Waals surface area contributed by atoms with Crippen LogP contribution in [-0.4, -0.2) is 40.0 Å². The fourth-order valence-electron chi connectivity index (χ4n) is 2.12. The number of nitrogens with two attached hydrogens (primary N) is 1. The number of aryl methyl sites for hydroxylation is 1. The molecule has 0 aliphatic heterocycles. The van der Waals surface area contributed by atoms with Crippen molar-refractivity contribution in [2.75, 3.05) is 19.6 Å². The minimum atomic E-state index is -0.146. The van der Waals surface area contributed by atoms with E-state index < -0.39 is 0 Å². The molecule has 102 valence electrons. The first-order valence-corrected chi connectivity index (χ1v) is 6.65. The fourth-order valence-corrected chi connectivity index (χ4v) is 2.12. The molecule has 1 amide bonds. The number of rotatable bonds is 7. The molecular formula is C13H24N4O. The Bertz CT molecular complexity index is 371. The van der Waals surface area contributed by atoms with Gasteiger partial charge in [0.05, 0.1) is 12.2 Å². The summed E-state index contributed by atoms with van der Waals surface area (Å²) in [6.07, 6.45) is 4.28. The van der Waals surface area contributed by atoms with E-state index in [1.165, 1.54) is 0 Å². The summed E-state index contributed by atoms with van der Waals surface area (Å²) in [4.78, 5) is 18.2. The number of carbonyl (C=O) groups excluding carboxylic acids is 1. The molecule has 5 nitrogen and oxygen atoms in total. The highest BCUT2D eigenvalue weighted by molar-refractivity contribution is 5.79. The first kappa shape index (κ1) is 14.7.